The summed E-state index contributed by atoms with van der Waals surface area (Å²) in [4.78, 5) is 20.3. The topological polar surface area (TPSA) is 66.9 Å². The van der Waals surface area contributed by atoms with Gasteiger partial charge in [-0.05, 0) is 49.2 Å². The average molecular weight is 354 g/mol. The normalized spacial score (nSPS) is 10.5. The number of aromatic nitrogens is 2. The molecule has 0 unspecified atom stereocenters. The van der Waals surface area contributed by atoms with Crippen LogP contribution in [0.25, 0.3) is 0 Å². The third-order valence-corrected chi connectivity index (χ3v) is 3.84. The van der Waals surface area contributed by atoms with Gasteiger partial charge >= 0.3 is 0 Å². The zero-order valence-electron chi connectivity index (χ0n) is 14.2. The molecular weight excluding hydrogens is 338 g/mol. The van der Waals surface area contributed by atoms with Gasteiger partial charge in [-0.15, -0.1) is 0 Å². The van der Waals surface area contributed by atoms with E-state index in [9.17, 15) is 13.6 Å². The molecule has 1 aromatic heterocycles. The van der Waals surface area contributed by atoms with E-state index in [4.69, 9.17) is 0 Å². The van der Waals surface area contributed by atoms with E-state index in [0.717, 1.165) is 23.4 Å². The minimum Gasteiger partial charge on any atom is -0.339 e. The minimum absolute atomic E-state index is 0.0559. The Morgan fingerprint density at radius 1 is 0.885 bits per heavy atom. The number of rotatable bonds is 4. The largest absolute Gasteiger partial charge is 0.339 e. The van der Waals surface area contributed by atoms with Crippen LogP contribution in [0.1, 0.15) is 21.6 Å². The fourth-order valence-corrected chi connectivity index (χ4v) is 2.25. The molecule has 0 spiro atoms. The van der Waals surface area contributed by atoms with Gasteiger partial charge in [0.25, 0.3) is 5.91 Å². The maximum Gasteiger partial charge on any atom is 0.275 e. The average Bonchev–Trinajstić information content (AvgIpc) is 2.62. The highest BCUT2D eigenvalue weighted by Gasteiger charge is 2.10. The molecule has 1 amide bonds. The highest BCUT2D eigenvalue weighted by Crippen LogP contribution is 2.18. The van der Waals surface area contributed by atoms with Crippen molar-refractivity contribution in [3.8, 4) is 0 Å². The molecule has 7 heteroatoms. The summed E-state index contributed by atoms with van der Waals surface area (Å²) in [6, 6.07) is 9.01. The Hall–Kier alpha value is -3.35. The molecule has 132 valence electrons. The van der Waals surface area contributed by atoms with E-state index in [-0.39, 0.29) is 11.4 Å². The summed E-state index contributed by atoms with van der Waals surface area (Å²) < 4.78 is 26.1. The van der Waals surface area contributed by atoms with Crippen LogP contribution >= 0.6 is 0 Å². The molecule has 26 heavy (non-hydrogen) atoms. The van der Waals surface area contributed by atoms with E-state index >= 15 is 0 Å². The van der Waals surface area contributed by atoms with Crippen molar-refractivity contribution in [1.82, 2.24) is 9.97 Å². The van der Waals surface area contributed by atoms with Crippen molar-refractivity contribution in [1.29, 1.82) is 0 Å². The predicted octanol–water partition coefficient (Wildman–Crippen LogP) is 4.37. The van der Waals surface area contributed by atoms with Gasteiger partial charge in [0, 0.05) is 17.4 Å². The first-order valence-corrected chi connectivity index (χ1v) is 7.85. The van der Waals surface area contributed by atoms with Crippen molar-refractivity contribution >= 4 is 23.1 Å². The molecule has 0 fully saturated rings. The first kappa shape index (κ1) is 17.5. The zero-order chi connectivity index (χ0) is 18.7. The van der Waals surface area contributed by atoms with Crippen LogP contribution in [-0.4, -0.2) is 15.9 Å². The summed E-state index contributed by atoms with van der Waals surface area (Å²) >= 11 is 0. The van der Waals surface area contributed by atoms with Crippen LogP contribution in [0.4, 0.5) is 26.0 Å². The van der Waals surface area contributed by atoms with Crippen molar-refractivity contribution in [2.45, 2.75) is 13.8 Å². The molecule has 0 aliphatic rings. The van der Waals surface area contributed by atoms with E-state index in [2.05, 4.69) is 20.6 Å². The smallest absolute Gasteiger partial charge is 0.275 e. The molecule has 1 heterocycles. The molecule has 2 aromatic carbocycles. The number of carbonyl (C=O) groups excluding carboxylic acids is 1. The van der Waals surface area contributed by atoms with Crippen molar-refractivity contribution in [3.63, 3.8) is 0 Å². The minimum atomic E-state index is -1.04. The number of carbonyl (C=O) groups is 1. The number of amides is 1. The lowest BCUT2D eigenvalue weighted by molar-refractivity contribution is 0.102. The molecule has 5 nitrogen and oxygen atoms in total. The van der Waals surface area contributed by atoms with Gasteiger partial charge in [-0.25, -0.2) is 18.7 Å². The summed E-state index contributed by atoms with van der Waals surface area (Å²) in [6.07, 6.45) is 2.73. The number of hydrogen-bond acceptors (Lipinski definition) is 4. The van der Waals surface area contributed by atoms with Gasteiger partial charge in [-0.2, -0.15) is 0 Å². The van der Waals surface area contributed by atoms with Gasteiger partial charge < -0.3 is 10.6 Å². The summed E-state index contributed by atoms with van der Waals surface area (Å²) in [5, 5.41) is 5.55. The quantitative estimate of drug-likeness (QED) is 0.730. The van der Waals surface area contributed by atoms with Crippen LogP contribution in [0.15, 0.2) is 48.8 Å². The summed E-state index contributed by atoms with van der Waals surface area (Å²) in [7, 11) is 0. The van der Waals surface area contributed by atoms with E-state index in [1.165, 1.54) is 24.0 Å². The molecule has 0 aliphatic carbocycles. The maximum absolute atomic E-state index is 13.2. The number of hydrogen-bond donors (Lipinski definition) is 2. The van der Waals surface area contributed by atoms with Gasteiger partial charge in [-0.3, -0.25) is 4.79 Å². The van der Waals surface area contributed by atoms with Crippen molar-refractivity contribution < 1.29 is 13.6 Å². The molecule has 0 bridgehead atoms. The molecule has 0 atom stereocenters. The Balaban J connectivity index is 1.69. The third-order valence-electron chi connectivity index (χ3n) is 3.84. The first-order valence-electron chi connectivity index (χ1n) is 7.85. The molecule has 0 radical (unpaired) electrons. The van der Waals surface area contributed by atoms with Crippen molar-refractivity contribution in [3.05, 3.63) is 77.2 Å². The van der Waals surface area contributed by atoms with E-state index in [1.54, 1.807) is 0 Å². The highest BCUT2D eigenvalue weighted by molar-refractivity contribution is 6.02. The molecule has 0 aliphatic heterocycles. The molecule has 3 aromatic rings. The van der Waals surface area contributed by atoms with Gasteiger partial charge in [0.2, 0.25) is 0 Å². The van der Waals surface area contributed by atoms with Crippen LogP contribution in [0.5, 0.6) is 0 Å². The van der Waals surface area contributed by atoms with Crippen molar-refractivity contribution in [2.75, 3.05) is 10.6 Å². The Kier molecular flexibility index (Phi) is 4.88. The standard InChI is InChI=1S/C19H16F2N4O/c1-11-3-4-13(7-12(11)2)24-18-10-22-17(9-23-18)19(26)25-14-5-6-15(20)16(21)8-14/h3-10H,1-2H3,(H,23,24)(H,25,26). The lowest BCUT2D eigenvalue weighted by atomic mass is 10.1. The Morgan fingerprint density at radius 3 is 2.31 bits per heavy atom. The first-order chi connectivity index (χ1) is 12.4. The highest BCUT2D eigenvalue weighted by atomic mass is 19.2. The lowest BCUT2D eigenvalue weighted by Gasteiger charge is -2.08. The van der Waals surface area contributed by atoms with Crippen molar-refractivity contribution in [2.24, 2.45) is 0 Å². The number of nitrogens with one attached hydrogen (secondary N) is 2. The van der Waals surface area contributed by atoms with Crippen LogP contribution in [0.3, 0.4) is 0 Å². The number of benzene rings is 2. The van der Waals surface area contributed by atoms with Gasteiger partial charge in [0.15, 0.2) is 11.6 Å². The number of anilines is 3. The van der Waals surface area contributed by atoms with E-state index < -0.39 is 17.5 Å². The van der Waals surface area contributed by atoms with Gasteiger partial charge in [0.1, 0.15) is 11.5 Å². The predicted molar refractivity (Wildman–Crippen MR) is 95.5 cm³/mol. The molecule has 3 rings (SSSR count). The number of halogens is 2. The maximum atomic E-state index is 13.2. The van der Waals surface area contributed by atoms with Gasteiger partial charge in [0.05, 0.1) is 12.4 Å². The second-order valence-electron chi connectivity index (χ2n) is 5.79. The monoisotopic (exact) mass is 354 g/mol. The molecular formula is C19H16F2N4O. The Labute approximate surface area is 149 Å². The van der Waals surface area contributed by atoms with Crippen LogP contribution in [0.2, 0.25) is 0 Å². The van der Waals surface area contributed by atoms with Crippen LogP contribution < -0.4 is 10.6 Å². The zero-order valence-corrected chi connectivity index (χ0v) is 14.2. The van der Waals surface area contributed by atoms with Crippen LogP contribution in [0, 0.1) is 25.5 Å². The summed E-state index contributed by atoms with van der Waals surface area (Å²) in [5.74, 6) is -2.11. The fraction of sp³-hybridized carbons (Fsp3) is 0.105. The lowest BCUT2D eigenvalue weighted by Crippen LogP contribution is -2.14. The molecule has 2 N–H and O–H groups in total. The summed E-state index contributed by atoms with van der Waals surface area (Å²) in [6.45, 7) is 4.04. The summed E-state index contributed by atoms with van der Waals surface area (Å²) in [5.41, 5.74) is 3.38. The Bertz CT molecular complexity index is 958. The second-order valence-corrected chi connectivity index (χ2v) is 5.79. The van der Waals surface area contributed by atoms with E-state index in [0.29, 0.717) is 5.82 Å². The van der Waals surface area contributed by atoms with Crippen LogP contribution in [-0.2, 0) is 0 Å². The Morgan fingerprint density at radius 2 is 1.65 bits per heavy atom. The third kappa shape index (κ3) is 4.00. The van der Waals surface area contributed by atoms with Gasteiger partial charge in [-0.1, -0.05) is 6.07 Å². The molecule has 0 saturated heterocycles. The second kappa shape index (κ2) is 7.26. The SMILES string of the molecule is Cc1ccc(Nc2cnc(C(=O)Nc3ccc(F)c(F)c3)cn2)cc1C. The molecule has 0 saturated carbocycles. The number of aryl methyl sites for hydroxylation is 2. The van der Waals surface area contributed by atoms with E-state index in [1.807, 2.05) is 32.0 Å². The number of nitrogens with zero attached hydrogens (tertiary/aromatic N) is 2. The fourth-order valence-electron chi connectivity index (χ4n) is 2.25.